The average Bonchev–Trinajstić information content (AvgIpc) is 2.86. The van der Waals surface area contributed by atoms with Gasteiger partial charge in [0.1, 0.15) is 5.82 Å². The molecule has 0 bridgehead atoms. The van der Waals surface area contributed by atoms with Crippen LogP contribution in [0.25, 0.3) is 0 Å². The van der Waals surface area contributed by atoms with Gasteiger partial charge < -0.3 is 5.11 Å². The molecule has 0 radical (unpaired) electrons. The van der Waals surface area contributed by atoms with Crippen LogP contribution in [0.1, 0.15) is 36.9 Å². The Bertz CT molecular complexity index is 577. The van der Waals surface area contributed by atoms with Crippen molar-refractivity contribution in [3.8, 4) is 0 Å². The minimum atomic E-state index is -0.822. The molecule has 0 saturated carbocycles. The summed E-state index contributed by atoms with van der Waals surface area (Å²) in [6, 6.07) is 6.39. The predicted molar refractivity (Wildman–Crippen MR) is 77.4 cm³/mol. The second-order valence-electron chi connectivity index (χ2n) is 4.65. The normalized spacial score (nSPS) is 12.7. The molecule has 1 aromatic heterocycles. The molecule has 0 aliphatic carbocycles. The van der Waals surface area contributed by atoms with Gasteiger partial charge in [0.15, 0.2) is 0 Å². The number of aryl methyl sites for hydroxylation is 2. The van der Waals surface area contributed by atoms with Crippen molar-refractivity contribution < 1.29 is 9.50 Å². The van der Waals surface area contributed by atoms with Crippen LogP contribution in [-0.4, -0.2) is 14.9 Å². The molecule has 5 heteroatoms. The van der Waals surface area contributed by atoms with Gasteiger partial charge in [0.2, 0.25) is 0 Å². The first-order valence-corrected chi connectivity index (χ1v) is 7.12. The SMILES string of the molecule is CCc1cc(C(O)Cc2c(F)cccc2Cl)n(CC)n1. The second-order valence-corrected chi connectivity index (χ2v) is 5.06. The zero-order valence-electron chi connectivity index (χ0n) is 11.6. The molecular formula is C15H18ClFN2O. The highest BCUT2D eigenvalue weighted by molar-refractivity contribution is 6.31. The van der Waals surface area contributed by atoms with Crippen LogP contribution in [0.4, 0.5) is 4.39 Å². The fraction of sp³-hybridized carbons (Fsp3) is 0.400. The molecule has 0 aliphatic heterocycles. The summed E-state index contributed by atoms with van der Waals surface area (Å²) in [5.74, 6) is -0.394. The van der Waals surface area contributed by atoms with E-state index < -0.39 is 11.9 Å². The molecule has 2 aromatic rings. The quantitative estimate of drug-likeness (QED) is 0.916. The van der Waals surface area contributed by atoms with E-state index in [4.69, 9.17) is 11.6 Å². The van der Waals surface area contributed by atoms with Gasteiger partial charge in [-0.05, 0) is 31.5 Å². The maximum absolute atomic E-state index is 13.8. The van der Waals surface area contributed by atoms with Crippen LogP contribution in [0.2, 0.25) is 5.02 Å². The van der Waals surface area contributed by atoms with Crippen molar-refractivity contribution in [3.05, 3.63) is 52.1 Å². The van der Waals surface area contributed by atoms with Crippen LogP contribution in [0.3, 0.4) is 0 Å². The van der Waals surface area contributed by atoms with E-state index in [2.05, 4.69) is 5.10 Å². The summed E-state index contributed by atoms with van der Waals surface area (Å²) >= 11 is 5.99. The molecule has 0 saturated heterocycles. The van der Waals surface area contributed by atoms with E-state index >= 15 is 0 Å². The molecular weight excluding hydrogens is 279 g/mol. The largest absolute Gasteiger partial charge is 0.386 e. The lowest BCUT2D eigenvalue weighted by molar-refractivity contribution is 0.166. The summed E-state index contributed by atoms with van der Waals surface area (Å²) in [5.41, 5.74) is 1.95. The van der Waals surface area contributed by atoms with Gasteiger partial charge in [-0.2, -0.15) is 5.10 Å². The molecule has 1 atom stereocenters. The molecule has 1 aromatic carbocycles. The van der Waals surface area contributed by atoms with Crippen molar-refractivity contribution in [2.75, 3.05) is 0 Å². The lowest BCUT2D eigenvalue weighted by atomic mass is 10.0. The number of hydrogen-bond donors (Lipinski definition) is 1. The van der Waals surface area contributed by atoms with Gasteiger partial charge in [-0.1, -0.05) is 24.6 Å². The first-order chi connectivity index (χ1) is 9.56. The summed E-state index contributed by atoms with van der Waals surface area (Å²) < 4.78 is 15.5. The number of hydrogen-bond acceptors (Lipinski definition) is 2. The Morgan fingerprint density at radius 1 is 1.40 bits per heavy atom. The molecule has 20 heavy (non-hydrogen) atoms. The Hall–Kier alpha value is -1.39. The number of aliphatic hydroxyl groups excluding tert-OH is 1. The topological polar surface area (TPSA) is 38.0 Å². The summed E-state index contributed by atoms with van der Waals surface area (Å²) in [5, 5.41) is 15.1. The van der Waals surface area contributed by atoms with Crippen LogP contribution < -0.4 is 0 Å². The molecule has 0 amide bonds. The fourth-order valence-electron chi connectivity index (χ4n) is 2.21. The van der Waals surface area contributed by atoms with Crippen LogP contribution in [0.15, 0.2) is 24.3 Å². The van der Waals surface area contributed by atoms with Gasteiger partial charge in [0, 0.05) is 23.6 Å². The van der Waals surface area contributed by atoms with Gasteiger partial charge in [-0.3, -0.25) is 4.68 Å². The third kappa shape index (κ3) is 3.02. The van der Waals surface area contributed by atoms with E-state index in [1.165, 1.54) is 6.07 Å². The number of nitrogens with zero attached hydrogens (tertiary/aromatic N) is 2. The third-order valence-electron chi connectivity index (χ3n) is 3.32. The lowest BCUT2D eigenvalue weighted by Crippen LogP contribution is -2.11. The molecule has 1 heterocycles. The number of benzene rings is 1. The third-order valence-corrected chi connectivity index (χ3v) is 3.68. The van der Waals surface area contributed by atoms with Crippen molar-refractivity contribution in [2.45, 2.75) is 39.3 Å². The van der Waals surface area contributed by atoms with Gasteiger partial charge in [-0.25, -0.2) is 4.39 Å². The smallest absolute Gasteiger partial charge is 0.127 e. The standard InChI is InChI=1S/C15H18ClFN2O/c1-3-10-8-14(19(4-2)18-10)15(20)9-11-12(16)6-5-7-13(11)17/h5-8,15,20H,3-4,9H2,1-2H3. The van der Waals surface area contributed by atoms with Crippen molar-refractivity contribution in [3.63, 3.8) is 0 Å². The van der Waals surface area contributed by atoms with Crippen LogP contribution in [-0.2, 0) is 19.4 Å². The number of aromatic nitrogens is 2. The van der Waals surface area contributed by atoms with Gasteiger partial charge in [0.25, 0.3) is 0 Å². The Labute approximate surface area is 123 Å². The fourth-order valence-corrected chi connectivity index (χ4v) is 2.45. The van der Waals surface area contributed by atoms with Gasteiger partial charge in [-0.15, -0.1) is 0 Å². The summed E-state index contributed by atoms with van der Waals surface area (Å²) in [6.07, 6.45) is 0.116. The summed E-state index contributed by atoms with van der Waals surface area (Å²) in [6.45, 7) is 4.63. The second kappa shape index (κ2) is 6.37. The lowest BCUT2D eigenvalue weighted by Gasteiger charge is -2.13. The van der Waals surface area contributed by atoms with Crippen molar-refractivity contribution >= 4 is 11.6 Å². The van der Waals surface area contributed by atoms with E-state index in [1.54, 1.807) is 16.8 Å². The van der Waals surface area contributed by atoms with E-state index in [9.17, 15) is 9.50 Å². The Morgan fingerprint density at radius 2 is 2.15 bits per heavy atom. The zero-order valence-corrected chi connectivity index (χ0v) is 12.4. The molecule has 1 unspecified atom stereocenters. The predicted octanol–water partition coefficient (Wildman–Crippen LogP) is 3.53. The zero-order chi connectivity index (χ0) is 14.7. The van der Waals surface area contributed by atoms with Crippen molar-refractivity contribution in [1.29, 1.82) is 0 Å². The molecule has 3 nitrogen and oxygen atoms in total. The highest BCUT2D eigenvalue weighted by atomic mass is 35.5. The molecule has 0 aliphatic rings. The first kappa shape index (κ1) is 15.0. The molecule has 108 valence electrons. The van der Waals surface area contributed by atoms with Gasteiger partial charge in [0.05, 0.1) is 17.5 Å². The minimum Gasteiger partial charge on any atom is -0.386 e. The molecule has 1 N–H and O–H groups in total. The number of halogens is 2. The van der Waals surface area contributed by atoms with Crippen molar-refractivity contribution in [2.24, 2.45) is 0 Å². The number of aliphatic hydroxyl groups is 1. The van der Waals surface area contributed by atoms with Crippen LogP contribution in [0, 0.1) is 5.82 Å². The summed E-state index contributed by atoms with van der Waals surface area (Å²) in [7, 11) is 0. The van der Waals surface area contributed by atoms with Crippen molar-refractivity contribution in [1.82, 2.24) is 9.78 Å². The van der Waals surface area contributed by atoms with E-state index in [0.29, 0.717) is 22.8 Å². The number of rotatable bonds is 5. The monoisotopic (exact) mass is 296 g/mol. The summed E-state index contributed by atoms with van der Waals surface area (Å²) in [4.78, 5) is 0. The highest BCUT2D eigenvalue weighted by Crippen LogP contribution is 2.26. The van der Waals surface area contributed by atoms with Crippen LogP contribution in [0.5, 0.6) is 0 Å². The average molecular weight is 297 g/mol. The molecule has 2 rings (SSSR count). The Morgan fingerprint density at radius 3 is 2.75 bits per heavy atom. The van der Waals surface area contributed by atoms with E-state index in [1.807, 2.05) is 19.9 Å². The Kier molecular flexibility index (Phi) is 4.78. The van der Waals surface area contributed by atoms with E-state index in [0.717, 1.165) is 12.1 Å². The van der Waals surface area contributed by atoms with Crippen LogP contribution >= 0.6 is 11.6 Å². The Balaban J connectivity index is 2.28. The highest BCUT2D eigenvalue weighted by Gasteiger charge is 2.18. The van der Waals surface area contributed by atoms with E-state index in [-0.39, 0.29) is 6.42 Å². The molecule has 0 spiro atoms. The first-order valence-electron chi connectivity index (χ1n) is 6.74. The maximum Gasteiger partial charge on any atom is 0.127 e. The van der Waals surface area contributed by atoms with Gasteiger partial charge >= 0.3 is 0 Å². The molecule has 0 fully saturated rings. The maximum atomic E-state index is 13.8. The minimum absolute atomic E-state index is 0.139.